The number of nitrogens with zero attached hydrogens (tertiary/aromatic N) is 1. The first kappa shape index (κ1) is 11.9. The van der Waals surface area contributed by atoms with E-state index in [2.05, 4.69) is 0 Å². The average molecular weight is 255 g/mol. The maximum Gasteiger partial charge on any atom is 0.337 e. The quantitative estimate of drug-likeness (QED) is 0.862. The maximum absolute atomic E-state index is 11.8. The third-order valence-electron chi connectivity index (χ3n) is 2.82. The van der Waals surface area contributed by atoms with Gasteiger partial charge in [-0.15, -0.1) is 0 Å². The lowest BCUT2D eigenvalue weighted by molar-refractivity contribution is 0.0697. The lowest BCUT2D eigenvalue weighted by atomic mass is 10.1. The molecule has 0 atom stereocenters. The fourth-order valence-electron chi connectivity index (χ4n) is 2.05. The van der Waals surface area contributed by atoms with E-state index >= 15 is 0 Å². The van der Waals surface area contributed by atoms with E-state index in [1.165, 1.54) is 10.4 Å². The molecule has 0 spiro atoms. The second-order valence-electron chi connectivity index (χ2n) is 4.02. The molecule has 1 N–H and O–H groups in total. The Morgan fingerprint density at radius 2 is 2.12 bits per heavy atom. The Kier molecular flexibility index (Phi) is 2.82. The minimum Gasteiger partial charge on any atom is -0.478 e. The number of benzene rings is 1. The van der Waals surface area contributed by atoms with Gasteiger partial charge in [-0.2, -0.15) is 0 Å². The molecular formula is C11H13NO4S. The van der Waals surface area contributed by atoms with Crippen LogP contribution in [0.5, 0.6) is 0 Å². The number of carbonyl (C=O) groups is 1. The predicted molar refractivity (Wildman–Crippen MR) is 63.9 cm³/mol. The Morgan fingerprint density at radius 3 is 2.65 bits per heavy atom. The van der Waals surface area contributed by atoms with Gasteiger partial charge in [-0.3, -0.25) is 4.31 Å². The Hall–Kier alpha value is -1.56. The van der Waals surface area contributed by atoms with E-state index in [0.29, 0.717) is 24.2 Å². The summed E-state index contributed by atoms with van der Waals surface area (Å²) in [5.74, 6) is -1.02. The molecule has 0 amide bonds. The van der Waals surface area contributed by atoms with Gasteiger partial charge in [-0.05, 0) is 25.0 Å². The van der Waals surface area contributed by atoms with Gasteiger partial charge >= 0.3 is 5.97 Å². The number of rotatable bonds is 2. The monoisotopic (exact) mass is 255 g/mol. The Morgan fingerprint density at radius 1 is 1.41 bits per heavy atom. The SMILES string of the molecule is Cc1cccc(C(=O)O)c1N1CCCS1(=O)=O. The fraction of sp³-hybridized carbons (Fsp3) is 0.364. The van der Waals surface area contributed by atoms with E-state index in [9.17, 15) is 13.2 Å². The highest BCUT2D eigenvalue weighted by molar-refractivity contribution is 7.93. The highest BCUT2D eigenvalue weighted by Crippen LogP contribution is 2.30. The second kappa shape index (κ2) is 4.03. The molecule has 0 unspecified atom stereocenters. The zero-order chi connectivity index (χ0) is 12.6. The Balaban J connectivity index is 2.62. The molecule has 17 heavy (non-hydrogen) atoms. The first-order valence-electron chi connectivity index (χ1n) is 5.27. The van der Waals surface area contributed by atoms with Crippen LogP contribution in [0.4, 0.5) is 5.69 Å². The van der Waals surface area contributed by atoms with E-state index < -0.39 is 16.0 Å². The van der Waals surface area contributed by atoms with Gasteiger partial charge < -0.3 is 5.11 Å². The van der Waals surface area contributed by atoms with Crippen LogP contribution in [0.15, 0.2) is 18.2 Å². The molecule has 1 saturated heterocycles. The van der Waals surface area contributed by atoms with Crippen molar-refractivity contribution in [2.45, 2.75) is 13.3 Å². The van der Waals surface area contributed by atoms with Crippen molar-refractivity contribution in [1.29, 1.82) is 0 Å². The summed E-state index contributed by atoms with van der Waals surface area (Å²) in [6, 6.07) is 4.76. The van der Waals surface area contributed by atoms with Crippen LogP contribution in [0.1, 0.15) is 22.3 Å². The van der Waals surface area contributed by atoms with Crippen molar-refractivity contribution >= 4 is 21.7 Å². The third kappa shape index (κ3) is 2.00. The van der Waals surface area contributed by atoms with Crippen molar-refractivity contribution in [3.8, 4) is 0 Å². The number of hydrogen-bond donors (Lipinski definition) is 1. The summed E-state index contributed by atoms with van der Waals surface area (Å²) in [5.41, 5.74) is 1.00. The van der Waals surface area contributed by atoms with E-state index in [-0.39, 0.29) is 11.3 Å². The van der Waals surface area contributed by atoms with Gasteiger partial charge in [-0.1, -0.05) is 12.1 Å². The van der Waals surface area contributed by atoms with Crippen molar-refractivity contribution in [1.82, 2.24) is 0 Å². The average Bonchev–Trinajstić information content (AvgIpc) is 2.57. The van der Waals surface area contributed by atoms with Gasteiger partial charge in [0, 0.05) is 6.54 Å². The van der Waals surface area contributed by atoms with Gasteiger partial charge in [-0.25, -0.2) is 13.2 Å². The van der Waals surface area contributed by atoms with Gasteiger partial charge in [0.05, 0.1) is 17.0 Å². The molecule has 0 aliphatic carbocycles. The van der Waals surface area contributed by atoms with Gasteiger partial charge in [0.2, 0.25) is 10.0 Å². The van der Waals surface area contributed by atoms with E-state index in [1.807, 2.05) is 0 Å². The van der Waals surface area contributed by atoms with E-state index in [0.717, 1.165) is 0 Å². The van der Waals surface area contributed by atoms with Gasteiger partial charge in [0.1, 0.15) is 0 Å². The van der Waals surface area contributed by atoms with Crippen molar-refractivity contribution in [2.75, 3.05) is 16.6 Å². The highest BCUT2D eigenvalue weighted by Gasteiger charge is 2.32. The van der Waals surface area contributed by atoms with Crippen molar-refractivity contribution in [3.63, 3.8) is 0 Å². The van der Waals surface area contributed by atoms with Crippen LogP contribution in [0.3, 0.4) is 0 Å². The van der Waals surface area contributed by atoms with Crippen LogP contribution in [0.25, 0.3) is 0 Å². The Labute approximate surface area is 99.7 Å². The summed E-state index contributed by atoms with van der Waals surface area (Å²) < 4.78 is 24.9. The molecule has 92 valence electrons. The highest BCUT2D eigenvalue weighted by atomic mass is 32.2. The standard InChI is InChI=1S/C11H13NO4S/c1-8-4-2-5-9(11(13)14)10(8)12-6-3-7-17(12,15)16/h2,4-5H,3,6-7H2,1H3,(H,13,14). The molecule has 5 nitrogen and oxygen atoms in total. The lowest BCUT2D eigenvalue weighted by Gasteiger charge is -2.21. The van der Waals surface area contributed by atoms with Crippen molar-refractivity contribution in [3.05, 3.63) is 29.3 Å². The number of hydrogen-bond acceptors (Lipinski definition) is 3. The summed E-state index contributed by atoms with van der Waals surface area (Å²) in [7, 11) is -3.35. The van der Waals surface area contributed by atoms with E-state index in [4.69, 9.17) is 5.11 Å². The van der Waals surface area contributed by atoms with E-state index in [1.54, 1.807) is 19.1 Å². The summed E-state index contributed by atoms with van der Waals surface area (Å²) in [6.07, 6.45) is 0.537. The number of anilines is 1. The molecule has 1 heterocycles. The molecule has 0 aromatic heterocycles. The minimum atomic E-state index is -3.35. The zero-order valence-electron chi connectivity index (χ0n) is 9.38. The minimum absolute atomic E-state index is 0.0375. The molecule has 1 fully saturated rings. The van der Waals surface area contributed by atoms with Crippen LogP contribution in [0, 0.1) is 6.92 Å². The lowest BCUT2D eigenvalue weighted by Crippen LogP contribution is -2.27. The van der Waals surface area contributed by atoms with Gasteiger partial charge in [0.15, 0.2) is 0 Å². The molecule has 0 radical (unpaired) electrons. The summed E-state index contributed by atoms with van der Waals surface area (Å²) in [4.78, 5) is 11.1. The molecule has 1 aliphatic rings. The smallest absolute Gasteiger partial charge is 0.337 e. The van der Waals surface area contributed by atoms with Crippen LogP contribution in [-0.4, -0.2) is 31.8 Å². The molecule has 1 aromatic carbocycles. The molecule has 0 bridgehead atoms. The molecule has 1 aromatic rings. The number of carboxylic acid groups (broad SMARTS) is 1. The summed E-state index contributed by atoms with van der Waals surface area (Å²) in [5, 5.41) is 9.10. The molecule has 2 rings (SSSR count). The maximum atomic E-state index is 11.8. The number of para-hydroxylation sites is 1. The van der Waals surface area contributed by atoms with Crippen LogP contribution >= 0.6 is 0 Å². The number of carboxylic acids is 1. The van der Waals surface area contributed by atoms with Crippen LogP contribution in [0.2, 0.25) is 0 Å². The Bertz CT molecular complexity index is 565. The molecule has 0 saturated carbocycles. The number of sulfonamides is 1. The summed E-state index contributed by atoms with van der Waals surface area (Å²) in [6.45, 7) is 2.07. The zero-order valence-corrected chi connectivity index (χ0v) is 10.2. The van der Waals surface area contributed by atoms with Crippen LogP contribution in [-0.2, 0) is 10.0 Å². The number of aryl methyl sites for hydroxylation is 1. The second-order valence-corrected chi connectivity index (χ2v) is 6.03. The molecule has 1 aliphatic heterocycles. The first-order chi connectivity index (χ1) is 7.93. The van der Waals surface area contributed by atoms with Crippen molar-refractivity contribution in [2.24, 2.45) is 0 Å². The number of aromatic carboxylic acids is 1. The predicted octanol–water partition coefficient (Wildman–Crippen LogP) is 1.23. The molecular weight excluding hydrogens is 242 g/mol. The largest absolute Gasteiger partial charge is 0.478 e. The van der Waals surface area contributed by atoms with Crippen LogP contribution < -0.4 is 4.31 Å². The summed E-state index contributed by atoms with van der Waals surface area (Å²) >= 11 is 0. The molecule has 6 heteroatoms. The fourth-order valence-corrected chi connectivity index (χ4v) is 3.70. The van der Waals surface area contributed by atoms with Crippen molar-refractivity contribution < 1.29 is 18.3 Å². The normalized spacial score (nSPS) is 18.3. The third-order valence-corrected chi connectivity index (χ3v) is 4.66. The van der Waals surface area contributed by atoms with Gasteiger partial charge in [0.25, 0.3) is 0 Å². The topological polar surface area (TPSA) is 74.7 Å². The first-order valence-corrected chi connectivity index (χ1v) is 6.88.